The summed E-state index contributed by atoms with van der Waals surface area (Å²) >= 11 is 0. The Bertz CT molecular complexity index is 363. The van der Waals surface area contributed by atoms with Gasteiger partial charge in [-0.05, 0) is 43.5 Å². The molecule has 1 fully saturated rings. The minimum atomic E-state index is 0.250. The minimum absolute atomic E-state index is 0.250. The van der Waals surface area contributed by atoms with Gasteiger partial charge in [0.2, 0.25) is 0 Å². The van der Waals surface area contributed by atoms with Crippen LogP contribution in [0.3, 0.4) is 0 Å². The second-order valence-electron chi connectivity index (χ2n) is 5.10. The van der Waals surface area contributed by atoms with Crippen molar-refractivity contribution in [2.75, 3.05) is 18.9 Å². The highest BCUT2D eigenvalue weighted by Crippen LogP contribution is 2.32. The number of aliphatic hydroxyl groups is 1. The summed E-state index contributed by atoms with van der Waals surface area (Å²) in [6, 6.07) is 8.69. The summed E-state index contributed by atoms with van der Waals surface area (Å²) in [6.45, 7) is 5.74. The summed E-state index contributed by atoms with van der Waals surface area (Å²) < 4.78 is 0. The Morgan fingerprint density at radius 3 is 2.65 bits per heavy atom. The Kier molecular flexibility index (Phi) is 3.69. The van der Waals surface area contributed by atoms with E-state index < -0.39 is 0 Å². The van der Waals surface area contributed by atoms with Crippen molar-refractivity contribution >= 4 is 5.69 Å². The molecule has 1 aromatic carbocycles. The Morgan fingerprint density at radius 2 is 2.06 bits per heavy atom. The summed E-state index contributed by atoms with van der Waals surface area (Å²) in [6.07, 6.45) is 1.17. The van der Waals surface area contributed by atoms with E-state index in [1.165, 1.54) is 12.0 Å². The maximum atomic E-state index is 9.49. The highest BCUT2D eigenvalue weighted by molar-refractivity contribution is 5.40. The van der Waals surface area contributed by atoms with Gasteiger partial charge in [0, 0.05) is 17.8 Å². The van der Waals surface area contributed by atoms with Gasteiger partial charge in [-0.25, -0.2) is 0 Å². The lowest BCUT2D eigenvalue weighted by Gasteiger charge is -2.31. The van der Waals surface area contributed by atoms with Gasteiger partial charge in [-0.15, -0.1) is 0 Å². The number of nitrogens with two attached hydrogens (primary N) is 1. The van der Waals surface area contributed by atoms with E-state index in [9.17, 15) is 5.11 Å². The first kappa shape index (κ1) is 12.4. The average molecular weight is 234 g/mol. The molecule has 0 bridgehead atoms. The summed E-state index contributed by atoms with van der Waals surface area (Å²) in [7, 11) is 0. The summed E-state index contributed by atoms with van der Waals surface area (Å²) in [4.78, 5) is 2.40. The molecule has 0 aromatic heterocycles. The van der Waals surface area contributed by atoms with Gasteiger partial charge >= 0.3 is 0 Å². The molecule has 17 heavy (non-hydrogen) atoms. The molecule has 0 spiro atoms. The Labute approximate surface area is 103 Å². The lowest BCUT2D eigenvalue weighted by molar-refractivity contribution is 0.109. The van der Waals surface area contributed by atoms with Gasteiger partial charge in [0.1, 0.15) is 0 Å². The minimum Gasteiger partial charge on any atom is -0.399 e. The molecular weight excluding hydrogens is 212 g/mol. The standard InChI is InChI=1S/C14H22N2O/c1-10-7-8-16(14(10)9-17)11(2)12-3-5-13(15)6-4-12/h3-6,10-11,14,17H,7-9,15H2,1-2H3. The number of hydrogen-bond acceptors (Lipinski definition) is 3. The van der Waals surface area contributed by atoms with Crippen molar-refractivity contribution in [1.29, 1.82) is 0 Å². The van der Waals surface area contributed by atoms with E-state index in [2.05, 4.69) is 30.9 Å². The highest BCUT2D eigenvalue weighted by Gasteiger charge is 2.33. The molecule has 2 rings (SSSR count). The molecule has 1 saturated heterocycles. The molecule has 1 aliphatic heterocycles. The lowest BCUT2D eigenvalue weighted by Crippen LogP contribution is -2.37. The first-order chi connectivity index (χ1) is 8.13. The highest BCUT2D eigenvalue weighted by atomic mass is 16.3. The van der Waals surface area contributed by atoms with E-state index in [0.717, 1.165) is 12.2 Å². The molecule has 3 N–H and O–H groups in total. The van der Waals surface area contributed by atoms with Crippen LogP contribution in [0.15, 0.2) is 24.3 Å². The van der Waals surface area contributed by atoms with E-state index in [-0.39, 0.29) is 6.61 Å². The van der Waals surface area contributed by atoms with Crippen molar-refractivity contribution in [1.82, 2.24) is 4.90 Å². The number of hydrogen-bond donors (Lipinski definition) is 2. The smallest absolute Gasteiger partial charge is 0.0589 e. The van der Waals surface area contributed by atoms with Gasteiger partial charge in [-0.3, -0.25) is 4.90 Å². The van der Waals surface area contributed by atoms with Crippen molar-refractivity contribution in [2.24, 2.45) is 5.92 Å². The molecule has 3 heteroatoms. The molecule has 3 unspecified atom stereocenters. The Hall–Kier alpha value is -1.06. The molecule has 1 aliphatic rings. The van der Waals surface area contributed by atoms with E-state index in [1.807, 2.05) is 12.1 Å². The number of likely N-dealkylation sites (tertiary alicyclic amines) is 1. The van der Waals surface area contributed by atoms with Crippen LogP contribution in [0.1, 0.15) is 31.9 Å². The third-order valence-corrected chi connectivity index (χ3v) is 4.03. The van der Waals surface area contributed by atoms with Crippen LogP contribution in [-0.4, -0.2) is 29.2 Å². The zero-order valence-corrected chi connectivity index (χ0v) is 10.6. The van der Waals surface area contributed by atoms with E-state index in [1.54, 1.807) is 0 Å². The van der Waals surface area contributed by atoms with E-state index in [0.29, 0.717) is 18.0 Å². The lowest BCUT2D eigenvalue weighted by atomic mass is 10.0. The molecular formula is C14H22N2O. The molecule has 1 heterocycles. The molecule has 0 saturated carbocycles. The van der Waals surface area contributed by atoms with E-state index in [4.69, 9.17) is 5.73 Å². The zero-order chi connectivity index (χ0) is 12.4. The zero-order valence-electron chi connectivity index (χ0n) is 10.6. The van der Waals surface area contributed by atoms with Crippen molar-refractivity contribution in [3.63, 3.8) is 0 Å². The van der Waals surface area contributed by atoms with Crippen LogP contribution in [-0.2, 0) is 0 Å². The van der Waals surface area contributed by atoms with Gasteiger partial charge in [0.25, 0.3) is 0 Å². The first-order valence-corrected chi connectivity index (χ1v) is 6.35. The molecule has 1 aromatic rings. The van der Waals surface area contributed by atoms with Crippen LogP contribution in [0, 0.1) is 5.92 Å². The fraction of sp³-hybridized carbons (Fsp3) is 0.571. The van der Waals surface area contributed by atoms with Crippen molar-refractivity contribution in [3.05, 3.63) is 29.8 Å². The normalized spacial score (nSPS) is 27.2. The fourth-order valence-corrected chi connectivity index (χ4v) is 2.77. The van der Waals surface area contributed by atoms with Crippen molar-refractivity contribution < 1.29 is 5.11 Å². The molecule has 3 nitrogen and oxygen atoms in total. The number of rotatable bonds is 3. The summed E-state index contributed by atoms with van der Waals surface area (Å²) in [5.41, 5.74) is 7.77. The molecule has 0 amide bonds. The van der Waals surface area contributed by atoms with Gasteiger partial charge in [0.05, 0.1) is 6.61 Å². The third-order valence-electron chi connectivity index (χ3n) is 4.03. The van der Waals surface area contributed by atoms with Crippen LogP contribution in [0.4, 0.5) is 5.69 Å². The molecule has 0 radical (unpaired) electrons. The summed E-state index contributed by atoms with van der Waals surface area (Å²) in [5, 5.41) is 9.49. The van der Waals surface area contributed by atoms with Gasteiger partial charge in [0.15, 0.2) is 0 Å². The number of benzene rings is 1. The fourth-order valence-electron chi connectivity index (χ4n) is 2.77. The molecule has 0 aliphatic carbocycles. The predicted molar refractivity (Wildman–Crippen MR) is 70.6 cm³/mol. The maximum absolute atomic E-state index is 9.49. The predicted octanol–water partition coefficient (Wildman–Crippen LogP) is 2.03. The second kappa shape index (κ2) is 5.07. The number of nitrogen functional groups attached to an aromatic ring is 1. The maximum Gasteiger partial charge on any atom is 0.0589 e. The van der Waals surface area contributed by atoms with E-state index >= 15 is 0 Å². The quantitative estimate of drug-likeness (QED) is 0.787. The summed E-state index contributed by atoms with van der Waals surface area (Å²) in [5.74, 6) is 0.580. The van der Waals surface area contributed by atoms with Gasteiger partial charge < -0.3 is 10.8 Å². The van der Waals surface area contributed by atoms with Crippen molar-refractivity contribution in [3.8, 4) is 0 Å². The van der Waals surface area contributed by atoms with Crippen LogP contribution in [0.25, 0.3) is 0 Å². The first-order valence-electron chi connectivity index (χ1n) is 6.35. The Balaban J connectivity index is 2.14. The number of aliphatic hydroxyl groups excluding tert-OH is 1. The van der Waals surface area contributed by atoms with Crippen molar-refractivity contribution in [2.45, 2.75) is 32.4 Å². The SMILES string of the molecule is CC1CCN(C(C)c2ccc(N)cc2)C1CO. The van der Waals surface area contributed by atoms with Crippen LogP contribution < -0.4 is 5.73 Å². The number of nitrogens with zero attached hydrogens (tertiary/aromatic N) is 1. The number of anilines is 1. The topological polar surface area (TPSA) is 49.5 Å². The third kappa shape index (κ3) is 2.45. The molecule has 94 valence electrons. The Morgan fingerprint density at radius 1 is 1.41 bits per heavy atom. The second-order valence-corrected chi connectivity index (χ2v) is 5.10. The average Bonchev–Trinajstić information content (AvgIpc) is 2.70. The van der Waals surface area contributed by atoms with Gasteiger partial charge in [-0.2, -0.15) is 0 Å². The van der Waals surface area contributed by atoms with Crippen LogP contribution in [0.5, 0.6) is 0 Å². The van der Waals surface area contributed by atoms with Gasteiger partial charge in [-0.1, -0.05) is 19.1 Å². The largest absolute Gasteiger partial charge is 0.399 e. The molecule has 3 atom stereocenters. The van der Waals surface area contributed by atoms with Crippen LogP contribution >= 0.6 is 0 Å². The monoisotopic (exact) mass is 234 g/mol. The van der Waals surface area contributed by atoms with Crippen LogP contribution in [0.2, 0.25) is 0 Å².